The molecule has 1 heterocycles. The summed E-state index contributed by atoms with van der Waals surface area (Å²) in [6.07, 6.45) is -0.592. The molecule has 150 valence electrons. The molecule has 1 unspecified atom stereocenters. The predicted molar refractivity (Wildman–Crippen MR) is 114 cm³/mol. The fourth-order valence-electron chi connectivity index (χ4n) is 3.70. The predicted octanol–water partition coefficient (Wildman–Crippen LogP) is 6.31. The summed E-state index contributed by atoms with van der Waals surface area (Å²) in [4.78, 5) is 18.8. The van der Waals surface area contributed by atoms with Gasteiger partial charge in [-0.1, -0.05) is 61.0 Å². The third-order valence-corrected chi connectivity index (χ3v) is 5.15. The minimum Gasteiger partial charge on any atom is -0.477 e. The first-order valence-electron chi connectivity index (χ1n) is 9.44. The Morgan fingerprint density at radius 3 is 2.43 bits per heavy atom. The first-order chi connectivity index (χ1) is 14.4. The molecule has 0 aliphatic carbocycles. The number of aromatic nitrogens is 1. The van der Waals surface area contributed by atoms with Crippen LogP contribution in [0, 0.1) is 13.1 Å². The monoisotopic (exact) mass is 401 g/mol. The van der Waals surface area contributed by atoms with Gasteiger partial charge in [0, 0.05) is 24.7 Å². The smallest absolute Gasteiger partial charge is 0.351 e. The van der Waals surface area contributed by atoms with Gasteiger partial charge in [-0.05, 0) is 17.5 Å². The lowest BCUT2D eigenvalue weighted by Gasteiger charge is -2.11. The molecular weight excluding hydrogens is 381 g/mol. The molecule has 0 saturated carbocycles. The van der Waals surface area contributed by atoms with Crippen molar-refractivity contribution in [2.75, 3.05) is 0 Å². The summed E-state index contributed by atoms with van der Waals surface area (Å²) in [6.45, 7) is 16.5. The number of rotatable bonds is 6. The molecular formula is C24H20FN3O2. The van der Waals surface area contributed by atoms with E-state index in [0.717, 1.165) is 5.56 Å². The lowest BCUT2D eigenvalue weighted by Crippen LogP contribution is -2.07. The van der Waals surface area contributed by atoms with Gasteiger partial charge >= 0.3 is 5.97 Å². The van der Waals surface area contributed by atoms with E-state index in [4.69, 9.17) is 13.1 Å². The molecule has 0 radical (unpaired) electrons. The Balaban J connectivity index is 1.95. The summed E-state index contributed by atoms with van der Waals surface area (Å²) in [6, 6.07) is 13.4. The van der Waals surface area contributed by atoms with Crippen LogP contribution in [0.4, 0.5) is 15.8 Å². The van der Waals surface area contributed by atoms with Crippen molar-refractivity contribution in [1.29, 1.82) is 0 Å². The Morgan fingerprint density at radius 2 is 1.87 bits per heavy atom. The van der Waals surface area contributed by atoms with E-state index in [-0.39, 0.29) is 12.1 Å². The van der Waals surface area contributed by atoms with Crippen molar-refractivity contribution in [1.82, 2.24) is 4.57 Å². The van der Waals surface area contributed by atoms with Crippen molar-refractivity contribution in [3.8, 4) is 11.1 Å². The number of carboxylic acid groups (broad SMARTS) is 1. The van der Waals surface area contributed by atoms with Gasteiger partial charge in [0.1, 0.15) is 11.9 Å². The van der Waals surface area contributed by atoms with Crippen molar-refractivity contribution in [3.05, 3.63) is 93.9 Å². The van der Waals surface area contributed by atoms with E-state index in [2.05, 4.69) is 9.69 Å². The molecule has 0 aliphatic heterocycles. The molecule has 0 saturated heterocycles. The summed E-state index contributed by atoms with van der Waals surface area (Å²) < 4.78 is 16.4. The second-order valence-corrected chi connectivity index (χ2v) is 6.92. The fraction of sp³-hybridized carbons (Fsp3) is 0.208. The summed E-state index contributed by atoms with van der Waals surface area (Å²) >= 11 is 0. The Bertz CT molecular complexity index is 1180. The van der Waals surface area contributed by atoms with E-state index < -0.39 is 12.1 Å². The number of carboxylic acids is 1. The highest BCUT2D eigenvalue weighted by molar-refractivity contribution is 6.00. The molecule has 0 fully saturated rings. The normalized spacial score (nSPS) is 11.5. The lowest BCUT2D eigenvalue weighted by atomic mass is 9.98. The van der Waals surface area contributed by atoms with E-state index in [1.54, 1.807) is 60.1 Å². The van der Waals surface area contributed by atoms with E-state index in [9.17, 15) is 14.3 Å². The number of hydrogen-bond donors (Lipinski definition) is 1. The standard InChI is InChI=1S/C24H20FN3O2/c1-5-20-22(27-3)21(23(24(29)30)28(20)4)17-11-9-16(10-12-17)19(25)14-15-7-6-8-18(13-15)26-2/h6-13,19H,5,14H2,1,4H3,(H,29,30). The van der Waals surface area contributed by atoms with Crippen LogP contribution < -0.4 is 0 Å². The molecule has 0 amide bonds. The number of hydrogen-bond acceptors (Lipinski definition) is 1. The van der Waals surface area contributed by atoms with Gasteiger partial charge in [-0.2, -0.15) is 0 Å². The van der Waals surface area contributed by atoms with Gasteiger partial charge in [-0.15, -0.1) is 0 Å². The van der Waals surface area contributed by atoms with Crippen molar-refractivity contribution < 1.29 is 14.3 Å². The summed E-state index contributed by atoms with van der Waals surface area (Å²) in [5.74, 6) is -1.11. The lowest BCUT2D eigenvalue weighted by molar-refractivity contribution is 0.0687. The Labute approximate surface area is 174 Å². The molecule has 0 spiro atoms. The first-order valence-corrected chi connectivity index (χ1v) is 9.44. The van der Waals surface area contributed by atoms with Crippen LogP contribution in [0.1, 0.15) is 40.4 Å². The molecule has 0 aliphatic rings. The second-order valence-electron chi connectivity index (χ2n) is 6.92. The maximum Gasteiger partial charge on any atom is 0.351 e. The minimum absolute atomic E-state index is 0.0540. The maximum atomic E-state index is 14.8. The fourth-order valence-corrected chi connectivity index (χ4v) is 3.70. The van der Waals surface area contributed by atoms with E-state index >= 15 is 0 Å². The van der Waals surface area contributed by atoms with Crippen molar-refractivity contribution in [3.63, 3.8) is 0 Å². The van der Waals surface area contributed by atoms with Gasteiger partial charge in [0.2, 0.25) is 5.69 Å². The van der Waals surface area contributed by atoms with Crippen molar-refractivity contribution >= 4 is 17.3 Å². The molecule has 6 heteroatoms. The summed E-state index contributed by atoms with van der Waals surface area (Å²) in [5, 5.41) is 9.68. The highest BCUT2D eigenvalue weighted by atomic mass is 19.1. The number of benzene rings is 2. The van der Waals surface area contributed by atoms with Crippen molar-refractivity contribution in [2.24, 2.45) is 7.05 Å². The average molecular weight is 401 g/mol. The molecule has 3 rings (SSSR count). The second kappa shape index (κ2) is 8.63. The number of halogens is 1. The number of carbonyl (C=O) groups is 1. The topological polar surface area (TPSA) is 51.0 Å². The van der Waals surface area contributed by atoms with Gasteiger partial charge in [0.15, 0.2) is 5.69 Å². The Kier molecular flexibility index (Phi) is 5.99. The molecule has 30 heavy (non-hydrogen) atoms. The van der Waals surface area contributed by atoms with Crippen LogP contribution in [-0.2, 0) is 19.9 Å². The average Bonchev–Trinajstić information content (AvgIpc) is 3.05. The highest BCUT2D eigenvalue weighted by Crippen LogP contribution is 2.40. The zero-order valence-corrected chi connectivity index (χ0v) is 16.7. The maximum absolute atomic E-state index is 14.8. The zero-order valence-electron chi connectivity index (χ0n) is 16.7. The molecule has 1 atom stereocenters. The van der Waals surface area contributed by atoms with E-state index in [0.29, 0.717) is 40.2 Å². The van der Waals surface area contributed by atoms with Crippen LogP contribution in [0.2, 0.25) is 0 Å². The van der Waals surface area contributed by atoms with Crippen LogP contribution >= 0.6 is 0 Å². The third-order valence-electron chi connectivity index (χ3n) is 5.15. The zero-order chi connectivity index (χ0) is 21.8. The molecule has 5 nitrogen and oxygen atoms in total. The van der Waals surface area contributed by atoms with Gasteiger partial charge in [0.05, 0.1) is 13.1 Å². The highest BCUT2D eigenvalue weighted by Gasteiger charge is 2.25. The molecule has 1 N–H and O–H groups in total. The number of nitrogens with zero attached hydrogens (tertiary/aromatic N) is 3. The van der Waals surface area contributed by atoms with Crippen LogP contribution in [-0.4, -0.2) is 15.6 Å². The Hall–Kier alpha value is -3.90. The summed E-state index contributed by atoms with van der Waals surface area (Å²) in [7, 11) is 1.64. The quantitative estimate of drug-likeness (QED) is 0.492. The molecule has 2 aromatic carbocycles. The number of aromatic carboxylic acids is 1. The van der Waals surface area contributed by atoms with Crippen LogP contribution in [0.15, 0.2) is 48.5 Å². The SMILES string of the molecule is [C-]#[N+]c1cccc(CC(F)c2ccc(-c3c([N+]#[C-])c(CC)n(C)c3C(=O)O)cc2)c1. The Morgan fingerprint density at radius 1 is 1.17 bits per heavy atom. The van der Waals surface area contributed by atoms with Crippen LogP contribution in [0.5, 0.6) is 0 Å². The molecule has 0 bridgehead atoms. The molecule has 3 aromatic rings. The third kappa shape index (κ3) is 3.81. The minimum atomic E-state index is -1.26. The van der Waals surface area contributed by atoms with E-state index in [1.807, 2.05) is 6.92 Å². The number of alkyl halides is 1. The van der Waals surface area contributed by atoms with Crippen LogP contribution in [0.25, 0.3) is 20.8 Å². The first kappa shape index (κ1) is 20.8. The van der Waals surface area contributed by atoms with Crippen LogP contribution in [0.3, 0.4) is 0 Å². The molecule has 1 aromatic heterocycles. The van der Waals surface area contributed by atoms with E-state index in [1.165, 1.54) is 0 Å². The largest absolute Gasteiger partial charge is 0.477 e. The summed E-state index contributed by atoms with van der Waals surface area (Å²) in [5.41, 5.74) is 3.63. The van der Waals surface area contributed by atoms with Gasteiger partial charge in [-0.25, -0.2) is 18.9 Å². The van der Waals surface area contributed by atoms with Gasteiger partial charge in [0.25, 0.3) is 0 Å². The van der Waals surface area contributed by atoms with Crippen molar-refractivity contribution in [2.45, 2.75) is 25.9 Å². The van der Waals surface area contributed by atoms with Gasteiger partial charge < -0.3 is 9.67 Å². The van der Waals surface area contributed by atoms with Gasteiger partial charge in [-0.3, -0.25) is 0 Å².